The van der Waals surface area contributed by atoms with Crippen LogP contribution in [-0.4, -0.2) is 18.8 Å². The summed E-state index contributed by atoms with van der Waals surface area (Å²) in [6.07, 6.45) is -4.60. The number of amides is 1. The van der Waals surface area contributed by atoms with Gasteiger partial charge in [0.05, 0.1) is 29.1 Å². The number of nitrogens with one attached hydrogen (secondary N) is 1. The van der Waals surface area contributed by atoms with Crippen molar-refractivity contribution in [3.8, 4) is 5.75 Å². The summed E-state index contributed by atoms with van der Waals surface area (Å²) in [5.74, 6) is 0.0542. The molecule has 0 aliphatic rings. The number of halogens is 4. The Balaban J connectivity index is 2.04. The fourth-order valence-electron chi connectivity index (χ4n) is 1.88. The lowest BCUT2D eigenvalue weighted by molar-refractivity contribution is -0.137. The molecule has 128 valence electrons. The van der Waals surface area contributed by atoms with Crippen molar-refractivity contribution in [3.63, 3.8) is 0 Å². The Morgan fingerprint density at radius 3 is 2.46 bits per heavy atom. The number of carbonyl (C=O) groups is 1. The smallest absolute Gasteiger partial charge is 0.418 e. The largest absolute Gasteiger partial charge is 0.497 e. The molecule has 0 heterocycles. The Morgan fingerprint density at radius 2 is 1.88 bits per heavy atom. The third-order valence-corrected chi connectivity index (χ3v) is 4.34. The zero-order valence-electron chi connectivity index (χ0n) is 12.5. The maximum absolute atomic E-state index is 13.0. The maximum Gasteiger partial charge on any atom is 0.418 e. The highest BCUT2D eigenvalue weighted by molar-refractivity contribution is 8.00. The maximum atomic E-state index is 13.0. The minimum atomic E-state index is -4.60. The Morgan fingerprint density at radius 1 is 1.21 bits per heavy atom. The molecular weight excluding hydrogens is 363 g/mol. The van der Waals surface area contributed by atoms with Gasteiger partial charge in [0, 0.05) is 4.90 Å². The predicted octanol–water partition coefficient (Wildman–Crippen LogP) is 5.10. The summed E-state index contributed by atoms with van der Waals surface area (Å²) in [6.45, 7) is 0. The molecule has 0 spiro atoms. The van der Waals surface area contributed by atoms with Crippen LogP contribution in [0, 0.1) is 0 Å². The molecule has 0 unspecified atom stereocenters. The van der Waals surface area contributed by atoms with Gasteiger partial charge in [-0.3, -0.25) is 4.79 Å². The van der Waals surface area contributed by atoms with Crippen LogP contribution in [0.4, 0.5) is 18.9 Å². The van der Waals surface area contributed by atoms with Crippen LogP contribution in [0.1, 0.15) is 5.56 Å². The standard InChI is InChI=1S/C16H13ClF3NO2S/c1-23-10-5-7-11(8-6-10)24-9-14(22)21-15-12(16(18,19)20)3-2-4-13(15)17/h2-8H,9H2,1H3,(H,21,22). The van der Waals surface area contributed by atoms with E-state index in [9.17, 15) is 18.0 Å². The monoisotopic (exact) mass is 375 g/mol. The minimum Gasteiger partial charge on any atom is -0.497 e. The summed E-state index contributed by atoms with van der Waals surface area (Å²) in [5, 5.41) is 2.08. The number of alkyl halides is 3. The van der Waals surface area contributed by atoms with Gasteiger partial charge in [0.15, 0.2) is 0 Å². The van der Waals surface area contributed by atoms with E-state index in [4.69, 9.17) is 16.3 Å². The SMILES string of the molecule is COc1ccc(SCC(=O)Nc2c(Cl)cccc2C(F)(F)F)cc1. The average molecular weight is 376 g/mol. The molecule has 3 nitrogen and oxygen atoms in total. The number of methoxy groups -OCH3 is 1. The molecule has 2 aromatic rings. The number of hydrogen-bond acceptors (Lipinski definition) is 3. The van der Waals surface area contributed by atoms with Gasteiger partial charge in [-0.1, -0.05) is 17.7 Å². The van der Waals surface area contributed by atoms with Gasteiger partial charge in [-0.25, -0.2) is 0 Å². The number of ether oxygens (including phenoxy) is 1. The van der Waals surface area contributed by atoms with Crippen molar-refractivity contribution in [1.29, 1.82) is 0 Å². The molecule has 2 rings (SSSR count). The van der Waals surface area contributed by atoms with E-state index in [1.807, 2.05) is 0 Å². The van der Waals surface area contributed by atoms with Crippen molar-refractivity contribution < 1.29 is 22.7 Å². The zero-order chi connectivity index (χ0) is 17.7. The Kier molecular flexibility index (Phi) is 6.01. The van der Waals surface area contributed by atoms with Crippen LogP contribution < -0.4 is 10.1 Å². The van der Waals surface area contributed by atoms with Gasteiger partial charge in [-0.15, -0.1) is 11.8 Å². The molecule has 1 amide bonds. The van der Waals surface area contributed by atoms with Crippen molar-refractivity contribution >= 4 is 35.0 Å². The number of carbonyl (C=O) groups excluding carboxylic acids is 1. The number of para-hydroxylation sites is 1. The number of hydrogen-bond donors (Lipinski definition) is 1. The lowest BCUT2D eigenvalue weighted by Gasteiger charge is -2.15. The van der Waals surface area contributed by atoms with Crippen LogP contribution in [0.15, 0.2) is 47.4 Å². The molecule has 8 heteroatoms. The highest BCUT2D eigenvalue weighted by atomic mass is 35.5. The van der Waals surface area contributed by atoms with E-state index >= 15 is 0 Å². The first kappa shape index (κ1) is 18.5. The first-order valence-electron chi connectivity index (χ1n) is 6.73. The minimum absolute atomic E-state index is 0.0468. The first-order valence-corrected chi connectivity index (χ1v) is 8.10. The van der Waals surface area contributed by atoms with E-state index in [-0.39, 0.29) is 10.8 Å². The lowest BCUT2D eigenvalue weighted by atomic mass is 10.1. The van der Waals surface area contributed by atoms with Crippen molar-refractivity contribution in [2.75, 3.05) is 18.2 Å². The van der Waals surface area contributed by atoms with Crippen molar-refractivity contribution in [3.05, 3.63) is 53.1 Å². The second kappa shape index (κ2) is 7.81. The van der Waals surface area contributed by atoms with E-state index in [1.54, 1.807) is 24.3 Å². The van der Waals surface area contributed by atoms with Crippen LogP contribution in [0.25, 0.3) is 0 Å². The van der Waals surface area contributed by atoms with E-state index in [2.05, 4.69) is 5.32 Å². The van der Waals surface area contributed by atoms with Crippen LogP contribution in [-0.2, 0) is 11.0 Å². The predicted molar refractivity (Wildman–Crippen MR) is 88.8 cm³/mol. The summed E-state index contributed by atoms with van der Waals surface area (Å²) in [5.41, 5.74) is -1.40. The van der Waals surface area contributed by atoms with Gasteiger partial charge in [0.1, 0.15) is 5.75 Å². The second-order valence-electron chi connectivity index (χ2n) is 4.67. The quantitative estimate of drug-likeness (QED) is 0.739. The summed E-state index contributed by atoms with van der Waals surface area (Å²) in [4.78, 5) is 12.8. The Bertz CT molecular complexity index is 720. The van der Waals surface area contributed by atoms with E-state index < -0.39 is 23.3 Å². The zero-order valence-corrected chi connectivity index (χ0v) is 14.1. The Labute approximate surface area is 146 Å². The highest BCUT2D eigenvalue weighted by Crippen LogP contribution is 2.38. The van der Waals surface area contributed by atoms with Crippen molar-refractivity contribution in [1.82, 2.24) is 0 Å². The third-order valence-electron chi connectivity index (χ3n) is 3.01. The molecule has 0 fully saturated rings. The van der Waals surface area contributed by atoms with Crippen LogP contribution >= 0.6 is 23.4 Å². The molecule has 24 heavy (non-hydrogen) atoms. The number of thioether (sulfide) groups is 1. The van der Waals surface area contributed by atoms with Crippen molar-refractivity contribution in [2.24, 2.45) is 0 Å². The molecule has 0 aliphatic carbocycles. The molecule has 1 N–H and O–H groups in total. The normalized spacial score (nSPS) is 11.2. The van der Waals surface area contributed by atoms with Gasteiger partial charge in [-0.2, -0.15) is 13.2 Å². The fourth-order valence-corrected chi connectivity index (χ4v) is 2.80. The number of benzene rings is 2. The average Bonchev–Trinajstić information content (AvgIpc) is 2.54. The van der Waals surface area contributed by atoms with Crippen LogP contribution in [0.3, 0.4) is 0 Å². The van der Waals surface area contributed by atoms with Gasteiger partial charge in [0.25, 0.3) is 0 Å². The molecular formula is C16H13ClF3NO2S. The molecule has 0 saturated carbocycles. The summed E-state index contributed by atoms with van der Waals surface area (Å²) < 4.78 is 43.9. The second-order valence-corrected chi connectivity index (χ2v) is 6.13. The van der Waals surface area contributed by atoms with Gasteiger partial charge in [0.2, 0.25) is 5.91 Å². The third kappa shape index (κ3) is 4.82. The molecule has 0 aromatic heterocycles. The van der Waals surface area contributed by atoms with E-state index in [0.717, 1.165) is 11.0 Å². The molecule has 2 aromatic carbocycles. The Hall–Kier alpha value is -1.86. The van der Waals surface area contributed by atoms with E-state index in [0.29, 0.717) is 5.75 Å². The summed E-state index contributed by atoms with van der Waals surface area (Å²) >= 11 is 6.99. The molecule has 0 radical (unpaired) electrons. The van der Waals surface area contributed by atoms with E-state index in [1.165, 1.54) is 31.0 Å². The summed E-state index contributed by atoms with van der Waals surface area (Å²) in [7, 11) is 1.54. The highest BCUT2D eigenvalue weighted by Gasteiger charge is 2.34. The van der Waals surface area contributed by atoms with Crippen molar-refractivity contribution in [2.45, 2.75) is 11.1 Å². The molecule has 0 saturated heterocycles. The first-order chi connectivity index (χ1) is 11.3. The number of anilines is 1. The fraction of sp³-hybridized carbons (Fsp3) is 0.188. The van der Waals surface area contributed by atoms with Gasteiger partial charge >= 0.3 is 6.18 Å². The molecule has 0 bridgehead atoms. The molecule has 0 aliphatic heterocycles. The van der Waals surface area contributed by atoms with Crippen LogP contribution in [0.5, 0.6) is 5.75 Å². The lowest BCUT2D eigenvalue weighted by Crippen LogP contribution is -2.18. The summed E-state index contributed by atoms with van der Waals surface area (Å²) in [6, 6.07) is 10.3. The van der Waals surface area contributed by atoms with Gasteiger partial charge < -0.3 is 10.1 Å². The number of rotatable bonds is 5. The van der Waals surface area contributed by atoms with Crippen LogP contribution in [0.2, 0.25) is 5.02 Å². The molecule has 0 atom stereocenters. The topological polar surface area (TPSA) is 38.3 Å². The van der Waals surface area contributed by atoms with Gasteiger partial charge in [-0.05, 0) is 36.4 Å².